The number of anilines is 1. The molecule has 7 heteroatoms. The summed E-state index contributed by atoms with van der Waals surface area (Å²) in [5.74, 6) is -0.630. The number of rotatable bonds is 8. The molecule has 0 saturated heterocycles. The van der Waals surface area contributed by atoms with E-state index in [4.69, 9.17) is 10.5 Å². The van der Waals surface area contributed by atoms with E-state index in [2.05, 4.69) is 0 Å². The Kier molecular flexibility index (Phi) is 7.09. The van der Waals surface area contributed by atoms with Crippen LogP contribution in [0.3, 0.4) is 0 Å². The number of nitrogen functional groups attached to an aromatic ring is 1. The topological polar surface area (TPSA) is 92.8 Å². The van der Waals surface area contributed by atoms with Crippen LogP contribution in [0.15, 0.2) is 87.5 Å². The SMILES string of the molecule is COc1ccc(C(Sc2cc(Sc3ccccc3)ccc2N)C(O)C(=O)O)cc1. The molecule has 3 aromatic rings. The maximum absolute atomic E-state index is 11.5. The molecule has 5 nitrogen and oxygen atoms in total. The van der Waals surface area contributed by atoms with Crippen LogP contribution in [-0.2, 0) is 4.79 Å². The Hall–Kier alpha value is -2.61. The van der Waals surface area contributed by atoms with Gasteiger partial charge in [-0.25, -0.2) is 4.79 Å². The van der Waals surface area contributed by atoms with Crippen molar-refractivity contribution in [2.75, 3.05) is 12.8 Å². The first-order chi connectivity index (χ1) is 14.0. The smallest absolute Gasteiger partial charge is 0.334 e. The van der Waals surface area contributed by atoms with Gasteiger partial charge in [0.05, 0.1) is 12.4 Å². The Morgan fingerprint density at radius 3 is 2.31 bits per heavy atom. The van der Waals surface area contributed by atoms with Crippen LogP contribution in [0, 0.1) is 0 Å². The van der Waals surface area contributed by atoms with Gasteiger partial charge in [0.1, 0.15) is 5.75 Å². The van der Waals surface area contributed by atoms with E-state index in [1.165, 1.54) is 11.8 Å². The number of nitrogens with two attached hydrogens (primary N) is 1. The van der Waals surface area contributed by atoms with E-state index in [-0.39, 0.29) is 0 Å². The molecule has 3 aromatic carbocycles. The number of carboxylic acids is 1. The van der Waals surface area contributed by atoms with Gasteiger partial charge in [-0.1, -0.05) is 42.1 Å². The summed E-state index contributed by atoms with van der Waals surface area (Å²) in [6, 6.07) is 22.6. The lowest BCUT2D eigenvalue weighted by Crippen LogP contribution is -2.26. The molecule has 0 bridgehead atoms. The first-order valence-electron chi connectivity index (χ1n) is 8.82. The number of aliphatic carboxylic acids is 1. The Bertz CT molecular complexity index is 964. The fourth-order valence-electron chi connectivity index (χ4n) is 2.68. The summed E-state index contributed by atoms with van der Waals surface area (Å²) >= 11 is 2.82. The molecule has 0 spiro atoms. The molecule has 29 heavy (non-hydrogen) atoms. The number of ether oxygens (including phenoxy) is 1. The number of hydrogen-bond donors (Lipinski definition) is 3. The highest BCUT2D eigenvalue weighted by Crippen LogP contribution is 2.43. The van der Waals surface area contributed by atoms with Crippen molar-refractivity contribution in [3.8, 4) is 5.75 Å². The minimum Gasteiger partial charge on any atom is -0.497 e. The average Bonchev–Trinajstić information content (AvgIpc) is 2.74. The van der Waals surface area contributed by atoms with Gasteiger partial charge < -0.3 is 20.7 Å². The lowest BCUT2D eigenvalue weighted by molar-refractivity contribution is -0.146. The number of benzene rings is 3. The Morgan fingerprint density at radius 1 is 1.00 bits per heavy atom. The van der Waals surface area contributed by atoms with Crippen LogP contribution in [0.2, 0.25) is 0 Å². The van der Waals surface area contributed by atoms with Crippen molar-refractivity contribution in [1.82, 2.24) is 0 Å². The molecule has 0 aliphatic carbocycles. The minimum atomic E-state index is -1.58. The predicted octanol–water partition coefficient (Wildman–Crippen LogP) is 4.71. The number of hydrogen-bond acceptors (Lipinski definition) is 6. The first-order valence-corrected chi connectivity index (χ1v) is 10.5. The maximum Gasteiger partial charge on any atom is 0.334 e. The highest BCUT2D eigenvalue weighted by atomic mass is 32.2. The van der Waals surface area contributed by atoms with Crippen LogP contribution in [0.25, 0.3) is 0 Å². The monoisotopic (exact) mass is 427 g/mol. The van der Waals surface area contributed by atoms with Crippen LogP contribution in [0.5, 0.6) is 5.75 Å². The Labute approximate surface area is 177 Å². The maximum atomic E-state index is 11.5. The summed E-state index contributed by atoms with van der Waals surface area (Å²) in [6.07, 6.45) is -1.58. The molecule has 0 radical (unpaired) electrons. The van der Waals surface area contributed by atoms with E-state index in [1.54, 1.807) is 49.2 Å². The van der Waals surface area contributed by atoms with Gasteiger partial charge in [0.2, 0.25) is 0 Å². The second-order valence-electron chi connectivity index (χ2n) is 6.21. The minimum absolute atomic E-state index is 0.531. The lowest BCUT2D eigenvalue weighted by Gasteiger charge is -2.21. The van der Waals surface area contributed by atoms with Crippen molar-refractivity contribution in [2.24, 2.45) is 0 Å². The molecule has 0 heterocycles. The molecule has 0 saturated carbocycles. The summed E-state index contributed by atoms with van der Waals surface area (Å²) in [7, 11) is 1.56. The molecule has 0 aliphatic heterocycles. The van der Waals surface area contributed by atoms with Crippen molar-refractivity contribution < 1.29 is 19.7 Å². The fraction of sp³-hybridized carbons (Fsp3) is 0.136. The van der Waals surface area contributed by atoms with Crippen LogP contribution in [0.4, 0.5) is 5.69 Å². The normalized spacial score (nSPS) is 12.9. The first kappa shape index (κ1) is 21.1. The van der Waals surface area contributed by atoms with Crippen molar-refractivity contribution in [1.29, 1.82) is 0 Å². The van der Waals surface area contributed by atoms with E-state index < -0.39 is 17.3 Å². The molecule has 2 unspecified atom stereocenters. The number of aliphatic hydroxyl groups excluding tert-OH is 1. The summed E-state index contributed by atoms with van der Waals surface area (Å²) in [5.41, 5.74) is 7.36. The van der Waals surface area contributed by atoms with E-state index in [0.717, 1.165) is 9.79 Å². The van der Waals surface area contributed by atoms with Crippen LogP contribution >= 0.6 is 23.5 Å². The lowest BCUT2D eigenvalue weighted by atomic mass is 10.1. The Balaban J connectivity index is 1.89. The number of thioether (sulfide) groups is 1. The molecule has 2 atom stereocenters. The summed E-state index contributed by atoms with van der Waals surface area (Å²) in [4.78, 5) is 14.3. The molecule has 3 rings (SSSR count). The standard InChI is InChI=1S/C22H21NO4S2/c1-27-15-9-7-14(8-10-15)21(20(24)22(25)26)29-19-13-17(11-12-18(19)23)28-16-5-3-2-4-6-16/h2-13,20-21,24H,23H2,1H3,(H,25,26). The zero-order valence-corrected chi connectivity index (χ0v) is 17.3. The largest absolute Gasteiger partial charge is 0.497 e. The average molecular weight is 428 g/mol. The van der Waals surface area contributed by atoms with Gasteiger partial charge in [0.25, 0.3) is 0 Å². The molecule has 0 aromatic heterocycles. The molecule has 0 aliphatic rings. The van der Waals surface area contributed by atoms with Gasteiger partial charge >= 0.3 is 5.97 Å². The third-order valence-electron chi connectivity index (χ3n) is 4.20. The number of aliphatic hydroxyl groups is 1. The van der Waals surface area contributed by atoms with Gasteiger partial charge in [-0.2, -0.15) is 0 Å². The molecule has 150 valence electrons. The second kappa shape index (κ2) is 9.73. The van der Waals surface area contributed by atoms with Gasteiger partial charge in [0, 0.05) is 20.4 Å². The molecular formula is C22H21NO4S2. The van der Waals surface area contributed by atoms with Gasteiger partial charge in [-0.3, -0.25) is 0 Å². The number of methoxy groups -OCH3 is 1. The highest BCUT2D eigenvalue weighted by molar-refractivity contribution is 8.00. The van der Waals surface area contributed by atoms with Crippen molar-refractivity contribution in [2.45, 2.75) is 26.0 Å². The van der Waals surface area contributed by atoms with E-state index in [1.807, 2.05) is 42.5 Å². The summed E-state index contributed by atoms with van der Waals surface area (Å²) in [6.45, 7) is 0. The molecule has 0 amide bonds. The van der Waals surface area contributed by atoms with Crippen molar-refractivity contribution in [3.05, 3.63) is 78.4 Å². The third-order valence-corrected chi connectivity index (χ3v) is 6.59. The van der Waals surface area contributed by atoms with E-state index >= 15 is 0 Å². The van der Waals surface area contributed by atoms with Crippen LogP contribution in [-0.4, -0.2) is 29.4 Å². The summed E-state index contributed by atoms with van der Waals surface area (Å²) < 4.78 is 5.16. The van der Waals surface area contributed by atoms with Crippen molar-refractivity contribution in [3.63, 3.8) is 0 Å². The van der Waals surface area contributed by atoms with Crippen molar-refractivity contribution >= 4 is 35.2 Å². The fourth-order valence-corrected chi connectivity index (χ4v) is 4.84. The quantitative estimate of drug-likeness (QED) is 0.354. The molecular weight excluding hydrogens is 406 g/mol. The van der Waals surface area contributed by atoms with Crippen LogP contribution in [0.1, 0.15) is 10.8 Å². The zero-order chi connectivity index (χ0) is 20.8. The zero-order valence-electron chi connectivity index (χ0n) is 15.7. The predicted molar refractivity (Wildman–Crippen MR) is 117 cm³/mol. The van der Waals surface area contributed by atoms with Crippen LogP contribution < -0.4 is 10.5 Å². The van der Waals surface area contributed by atoms with Gasteiger partial charge in [0.15, 0.2) is 6.10 Å². The Morgan fingerprint density at radius 2 is 1.69 bits per heavy atom. The van der Waals surface area contributed by atoms with Gasteiger partial charge in [-0.15, -0.1) is 11.8 Å². The number of carboxylic acid groups (broad SMARTS) is 1. The number of carbonyl (C=O) groups is 1. The highest BCUT2D eigenvalue weighted by Gasteiger charge is 2.29. The summed E-state index contributed by atoms with van der Waals surface area (Å²) in [5, 5.41) is 19.0. The molecule has 0 fully saturated rings. The van der Waals surface area contributed by atoms with E-state index in [9.17, 15) is 15.0 Å². The van der Waals surface area contributed by atoms with E-state index in [0.29, 0.717) is 21.9 Å². The second-order valence-corrected chi connectivity index (χ2v) is 8.54. The molecule has 4 N–H and O–H groups in total. The third kappa shape index (κ3) is 5.47. The van der Waals surface area contributed by atoms with Gasteiger partial charge in [-0.05, 0) is 48.0 Å².